The second-order valence-electron chi connectivity index (χ2n) is 4.14. The molecule has 0 spiro atoms. The summed E-state index contributed by atoms with van der Waals surface area (Å²) < 4.78 is 13.0. The Morgan fingerprint density at radius 3 is 2.39 bits per heavy atom. The fourth-order valence-corrected chi connectivity index (χ4v) is 2.02. The molecule has 2 aromatic carbocycles. The predicted octanol–water partition coefficient (Wildman–Crippen LogP) is 3.74. The van der Waals surface area contributed by atoms with Crippen molar-refractivity contribution in [3.8, 4) is 11.3 Å². The van der Waals surface area contributed by atoms with E-state index in [0.717, 1.165) is 22.2 Å². The number of hydrogen-bond acceptors (Lipinski definition) is 2. The molecule has 0 N–H and O–H groups in total. The third-order valence-corrected chi connectivity index (χ3v) is 2.83. The lowest BCUT2D eigenvalue weighted by atomic mass is 10.1. The van der Waals surface area contributed by atoms with Crippen molar-refractivity contribution in [3.05, 3.63) is 60.2 Å². The molecule has 0 amide bonds. The quantitative estimate of drug-likeness (QED) is 0.645. The summed E-state index contributed by atoms with van der Waals surface area (Å²) in [7, 11) is 0. The minimum absolute atomic E-state index is 0.242. The van der Waals surface area contributed by atoms with Gasteiger partial charge in [0.1, 0.15) is 11.6 Å². The van der Waals surface area contributed by atoms with E-state index in [1.54, 1.807) is 12.1 Å². The van der Waals surface area contributed by atoms with Gasteiger partial charge in [-0.1, -0.05) is 18.2 Å². The van der Waals surface area contributed by atoms with Gasteiger partial charge in [0.15, 0.2) is 0 Å². The molecular weight excluding hydrogens is 227 g/mol. The number of fused-ring (bicyclic) bond motifs is 1. The lowest BCUT2D eigenvalue weighted by Gasteiger charge is -2.06. The van der Waals surface area contributed by atoms with Crippen molar-refractivity contribution >= 4 is 10.9 Å². The first kappa shape index (κ1) is 10.8. The zero-order valence-electron chi connectivity index (χ0n) is 9.89. The Balaban J connectivity index is 2.31. The molecule has 2 nitrogen and oxygen atoms in total. The highest BCUT2D eigenvalue weighted by molar-refractivity contribution is 5.92. The van der Waals surface area contributed by atoms with Crippen LogP contribution < -0.4 is 0 Å². The van der Waals surface area contributed by atoms with Gasteiger partial charge < -0.3 is 0 Å². The van der Waals surface area contributed by atoms with E-state index in [0.29, 0.717) is 5.82 Å². The number of nitrogens with zero attached hydrogens (tertiary/aromatic N) is 2. The standard InChI is InChI=1S/C15H11FN2/c1-10-17-14-5-3-2-4-13(14)15(18-10)11-6-8-12(16)9-7-11/h2-9H,1H3. The summed E-state index contributed by atoms with van der Waals surface area (Å²) in [6, 6.07) is 14.2. The van der Waals surface area contributed by atoms with Crippen LogP contribution in [0.3, 0.4) is 0 Å². The van der Waals surface area contributed by atoms with Crippen molar-refractivity contribution in [2.24, 2.45) is 0 Å². The van der Waals surface area contributed by atoms with Gasteiger partial charge in [0, 0.05) is 10.9 Å². The highest BCUT2D eigenvalue weighted by Gasteiger charge is 2.07. The average Bonchev–Trinajstić information content (AvgIpc) is 2.38. The summed E-state index contributed by atoms with van der Waals surface area (Å²) in [5.74, 6) is 0.474. The van der Waals surface area contributed by atoms with Crippen LogP contribution in [0, 0.1) is 12.7 Å². The SMILES string of the molecule is Cc1nc(-c2ccc(F)cc2)c2ccccc2n1. The van der Waals surface area contributed by atoms with E-state index in [4.69, 9.17) is 0 Å². The van der Waals surface area contributed by atoms with Crippen molar-refractivity contribution in [3.63, 3.8) is 0 Å². The van der Waals surface area contributed by atoms with Crippen LogP contribution in [0.1, 0.15) is 5.82 Å². The molecule has 1 aromatic heterocycles. The molecule has 0 atom stereocenters. The highest BCUT2D eigenvalue weighted by Crippen LogP contribution is 2.25. The molecule has 0 saturated heterocycles. The van der Waals surface area contributed by atoms with Crippen LogP contribution in [0.5, 0.6) is 0 Å². The molecule has 18 heavy (non-hydrogen) atoms. The normalized spacial score (nSPS) is 10.8. The number of rotatable bonds is 1. The van der Waals surface area contributed by atoms with Crippen molar-refractivity contribution < 1.29 is 4.39 Å². The van der Waals surface area contributed by atoms with Crippen LogP contribution >= 0.6 is 0 Å². The molecule has 0 unspecified atom stereocenters. The van der Waals surface area contributed by atoms with E-state index in [1.807, 2.05) is 31.2 Å². The monoisotopic (exact) mass is 238 g/mol. The number of aromatic nitrogens is 2. The highest BCUT2D eigenvalue weighted by atomic mass is 19.1. The van der Waals surface area contributed by atoms with Gasteiger partial charge in [0.2, 0.25) is 0 Å². The fraction of sp³-hybridized carbons (Fsp3) is 0.0667. The third kappa shape index (κ3) is 1.84. The molecule has 0 aliphatic heterocycles. The van der Waals surface area contributed by atoms with E-state index in [-0.39, 0.29) is 5.82 Å². The summed E-state index contributed by atoms with van der Waals surface area (Å²) in [4.78, 5) is 8.86. The zero-order valence-corrected chi connectivity index (χ0v) is 9.89. The Morgan fingerprint density at radius 1 is 0.889 bits per heavy atom. The number of hydrogen-bond donors (Lipinski definition) is 0. The first-order valence-corrected chi connectivity index (χ1v) is 5.73. The molecule has 0 bridgehead atoms. The van der Waals surface area contributed by atoms with E-state index in [2.05, 4.69) is 9.97 Å². The van der Waals surface area contributed by atoms with Crippen molar-refractivity contribution in [1.82, 2.24) is 9.97 Å². The maximum Gasteiger partial charge on any atom is 0.126 e. The van der Waals surface area contributed by atoms with Crippen molar-refractivity contribution in [2.75, 3.05) is 0 Å². The summed E-state index contributed by atoms with van der Waals surface area (Å²) >= 11 is 0. The van der Waals surface area contributed by atoms with Crippen LogP contribution in [0.4, 0.5) is 4.39 Å². The smallest absolute Gasteiger partial charge is 0.126 e. The van der Waals surface area contributed by atoms with Gasteiger partial charge in [-0.15, -0.1) is 0 Å². The van der Waals surface area contributed by atoms with Gasteiger partial charge >= 0.3 is 0 Å². The maximum absolute atomic E-state index is 13.0. The van der Waals surface area contributed by atoms with Crippen LogP contribution in [0.25, 0.3) is 22.2 Å². The summed E-state index contributed by atoms with van der Waals surface area (Å²) in [6.45, 7) is 1.86. The lowest BCUT2D eigenvalue weighted by Crippen LogP contribution is -1.93. The zero-order chi connectivity index (χ0) is 12.5. The van der Waals surface area contributed by atoms with E-state index < -0.39 is 0 Å². The van der Waals surface area contributed by atoms with Gasteiger partial charge in [-0.3, -0.25) is 0 Å². The molecule has 3 aromatic rings. The van der Waals surface area contributed by atoms with Gasteiger partial charge in [-0.2, -0.15) is 0 Å². The molecule has 0 aliphatic carbocycles. The molecule has 88 valence electrons. The van der Waals surface area contributed by atoms with Gasteiger partial charge in [-0.25, -0.2) is 14.4 Å². The van der Waals surface area contributed by atoms with Crippen LogP contribution in [-0.2, 0) is 0 Å². The first-order valence-electron chi connectivity index (χ1n) is 5.73. The van der Waals surface area contributed by atoms with Gasteiger partial charge in [-0.05, 0) is 37.3 Å². The van der Waals surface area contributed by atoms with Crippen LogP contribution in [0.2, 0.25) is 0 Å². The third-order valence-electron chi connectivity index (χ3n) is 2.83. The Kier molecular flexibility index (Phi) is 2.52. The van der Waals surface area contributed by atoms with E-state index >= 15 is 0 Å². The molecule has 0 radical (unpaired) electrons. The fourth-order valence-electron chi connectivity index (χ4n) is 2.02. The molecule has 0 fully saturated rings. The van der Waals surface area contributed by atoms with E-state index in [9.17, 15) is 4.39 Å². The largest absolute Gasteiger partial charge is 0.233 e. The van der Waals surface area contributed by atoms with E-state index in [1.165, 1.54) is 12.1 Å². The molecule has 1 heterocycles. The predicted molar refractivity (Wildman–Crippen MR) is 69.7 cm³/mol. The molecule has 0 aliphatic rings. The minimum atomic E-state index is -0.242. The number of para-hydroxylation sites is 1. The molecular formula is C15H11FN2. The second kappa shape index (κ2) is 4.18. The van der Waals surface area contributed by atoms with Crippen LogP contribution in [-0.4, -0.2) is 9.97 Å². The Labute approximate surface area is 104 Å². The Morgan fingerprint density at radius 2 is 1.61 bits per heavy atom. The minimum Gasteiger partial charge on any atom is -0.233 e. The van der Waals surface area contributed by atoms with Crippen LogP contribution in [0.15, 0.2) is 48.5 Å². The lowest BCUT2D eigenvalue weighted by molar-refractivity contribution is 0.628. The Hall–Kier alpha value is -2.29. The summed E-state index contributed by atoms with van der Waals surface area (Å²) in [5, 5.41) is 0.981. The van der Waals surface area contributed by atoms with Gasteiger partial charge in [0.05, 0.1) is 11.2 Å². The van der Waals surface area contributed by atoms with Crippen molar-refractivity contribution in [2.45, 2.75) is 6.92 Å². The molecule has 3 heteroatoms. The summed E-state index contributed by atoms with van der Waals surface area (Å²) in [6.07, 6.45) is 0. The number of aryl methyl sites for hydroxylation is 1. The first-order chi connectivity index (χ1) is 8.74. The average molecular weight is 238 g/mol. The second-order valence-corrected chi connectivity index (χ2v) is 4.14. The maximum atomic E-state index is 13.0. The van der Waals surface area contributed by atoms with Gasteiger partial charge in [0.25, 0.3) is 0 Å². The topological polar surface area (TPSA) is 25.8 Å². The number of halogens is 1. The molecule has 3 rings (SSSR count). The van der Waals surface area contributed by atoms with Crippen molar-refractivity contribution in [1.29, 1.82) is 0 Å². The molecule has 0 saturated carbocycles. The summed E-state index contributed by atoms with van der Waals surface area (Å²) in [5.41, 5.74) is 2.65. The Bertz CT molecular complexity index is 705. The number of benzene rings is 2.